The molecule has 1 saturated carbocycles. The van der Waals surface area contributed by atoms with Crippen LogP contribution < -0.4 is 4.74 Å². The monoisotopic (exact) mass is 430 g/mol. The molecule has 1 aliphatic rings. The van der Waals surface area contributed by atoms with E-state index in [9.17, 15) is 26.3 Å². The van der Waals surface area contributed by atoms with Crippen LogP contribution in [0, 0.1) is 11.7 Å². The van der Waals surface area contributed by atoms with Crippen molar-refractivity contribution < 1.29 is 31.1 Å². The van der Waals surface area contributed by atoms with Gasteiger partial charge in [-0.2, -0.15) is 22.0 Å². The molecule has 0 amide bonds. The van der Waals surface area contributed by atoms with Crippen LogP contribution in [-0.2, 0) is 12.3 Å². The molecule has 0 aromatic heterocycles. The van der Waals surface area contributed by atoms with E-state index in [4.69, 9.17) is 0 Å². The molecule has 0 N–H and O–H groups in total. The highest BCUT2D eigenvalue weighted by atomic mass is 19.4. The molecule has 7 heteroatoms. The number of hydrogen-bond acceptors (Lipinski definition) is 1. The van der Waals surface area contributed by atoms with E-state index in [1.165, 1.54) is 25.0 Å². The fourth-order valence-corrected chi connectivity index (χ4v) is 4.14. The summed E-state index contributed by atoms with van der Waals surface area (Å²) in [7, 11) is 0. The van der Waals surface area contributed by atoms with Crippen molar-refractivity contribution in [2.45, 2.75) is 63.7 Å². The first-order valence-electron chi connectivity index (χ1n) is 10.1. The molecular weight excluding hydrogens is 406 g/mol. The van der Waals surface area contributed by atoms with Gasteiger partial charge >= 0.3 is 12.3 Å². The van der Waals surface area contributed by atoms with Crippen LogP contribution in [0.1, 0.15) is 68.1 Å². The maximum atomic E-state index is 14.5. The Morgan fingerprint density at radius 1 is 0.900 bits per heavy atom. The quantitative estimate of drug-likeness (QED) is 0.421. The maximum Gasteiger partial charge on any atom is 0.426 e. The lowest BCUT2D eigenvalue weighted by atomic mass is 9.77. The highest BCUT2D eigenvalue weighted by Gasteiger charge is 2.37. The van der Waals surface area contributed by atoms with Gasteiger partial charge in [0.1, 0.15) is 11.6 Å². The first-order chi connectivity index (χ1) is 14.1. The lowest BCUT2D eigenvalue weighted by Crippen LogP contribution is -2.22. The number of rotatable bonds is 6. The van der Waals surface area contributed by atoms with Crippen molar-refractivity contribution in [2.75, 3.05) is 0 Å². The molecule has 164 valence electrons. The van der Waals surface area contributed by atoms with Crippen molar-refractivity contribution >= 4 is 0 Å². The molecule has 0 bridgehead atoms. The predicted molar refractivity (Wildman–Crippen MR) is 102 cm³/mol. The van der Waals surface area contributed by atoms with E-state index in [1.807, 2.05) is 0 Å². The summed E-state index contributed by atoms with van der Waals surface area (Å²) in [6.07, 6.45) is -1.98. The maximum absolute atomic E-state index is 14.5. The van der Waals surface area contributed by atoms with Crippen LogP contribution in [0.25, 0.3) is 0 Å². The summed E-state index contributed by atoms with van der Waals surface area (Å²) in [6.45, 7) is 2.17. The molecule has 1 nitrogen and oxygen atoms in total. The van der Waals surface area contributed by atoms with Gasteiger partial charge in [-0.1, -0.05) is 31.9 Å². The second kappa shape index (κ2) is 8.90. The second-order valence-electron chi connectivity index (χ2n) is 7.89. The predicted octanol–water partition coefficient (Wildman–Crippen LogP) is 8.05. The third-order valence-electron chi connectivity index (χ3n) is 5.75. The molecule has 0 heterocycles. The van der Waals surface area contributed by atoms with E-state index >= 15 is 0 Å². The number of ether oxygens (including phenoxy) is 1. The van der Waals surface area contributed by atoms with Crippen LogP contribution in [0.4, 0.5) is 26.3 Å². The molecule has 3 rings (SSSR count). The van der Waals surface area contributed by atoms with Crippen molar-refractivity contribution in [3.05, 3.63) is 65.0 Å². The molecule has 2 aromatic carbocycles. The summed E-state index contributed by atoms with van der Waals surface area (Å²) >= 11 is 0. The van der Waals surface area contributed by atoms with Crippen molar-refractivity contribution in [1.29, 1.82) is 0 Å². The van der Waals surface area contributed by atoms with Crippen molar-refractivity contribution in [3.63, 3.8) is 0 Å². The van der Waals surface area contributed by atoms with Crippen molar-refractivity contribution in [3.8, 4) is 5.75 Å². The van der Waals surface area contributed by atoms with Crippen LogP contribution in [0.15, 0.2) is 42.5 Å². The Hall–Kier alpha value is -2.18. The second-order valence-corrected chi connectivity index (χ2v) is 7.89. The Morgan fingerprint density at radius 3 is 2.07 bits per heavy atom. The standard InChI is InChI=1S/C23H24F6O/c1-2-3-15-4-6-16(7-5-15)17-8-10-18(11-9-17)23(28,29)30-19-12-13-20(21(24)14-19)22(25,26)27/h8-16H,2-7H2,1H3. The van der Waals surface area contributed by atoms with Gasteiger partial charge in [0.2, 0.25) is 0 Å². The van der Waals surface area contributed by atoms with Gasteiger partial charge < -0.3 is 4.74 Å². The zero-order chi connectivity index (χ0) is 21.9. The van der Waals surface area contributed by atoms with Gasteiger partial charge in [0.25, 0.3) is 0 Å². The zero-order valence-electron chi connectivity index (χ0n) is 16.6. The fourth-order valence-electron chi connectivity index (χ4n) is 4.14. The lowest BCUT2D eigenvalue weighted by molar-refractivity contribution is -0.185. The highest BCUT2D eigenvalue weighted by Crippen LogP contribution is 2.39. The van der Waals surface area contributed by atoms with E-state index in [1.54, 1.807) is 12.1 Å². The lowest BCUT2D eigenvalue weighted by Gasteiger charge is -2.29. The SMILES string of the molecule is CCCC1CCC(c2ccc(C(F)(F)Oc3ccc(C(F)(F)F)c(F)c3)cc2)CC1. The van der Waals surface area contributed by atoms with E-state index in [-0.39, 0.29) is 0 Å². The zero-order valence-corrected chi connectivity index (χ0v) is 16.6. The minimum absolute atomic E-state index is 0.319. The summed E-state index contributed by atoms with van der Waals surface area (Å²) in [5.74, 6) is -1.26. The largest absolute Gasteiger partial charge is 0.429 e. The third-order valence-corrected chi connectivity index (χ3v) is 5.75. The van der Waals surface area contributed by atoms with E-state index in [2.05, 4.69) is 11.7 Å². The topological polar surface area (TPSA) is 9.23 Å². The van der Waals surface area contributed by atoms with Gasteiger partial charge in [0, 0.05) is 6.07 Å². The Morgan fingerprint density at radius 2 is 1.53 bits per heavy atom. The van der Waals surface area contributed by atoms with E-state index in [0.717, 1.165) is 37.2 Å². The highest BCUT2D eigenvalue weighted by molar-refractivity contribution is 5.33. The third kappa shape index (κ3) is 5.29. The first-order valence-corrected chi connectivity index (χ1v) is 10.1. The average Bonchev–Trinajstić information content (AvgIpc) is 2.68. The Bertz CT molecular complexity index is 836. The molecule has 0 spiro atoms. The Balaban J connectivity index is 1.67. The number of benzene rings is 2. The molecule has 2 aromatic rings. The fraction of sp³-hybridized carbons (Fsp3) is 0.478. The summed E-state index contributed by atoms with van der Waals surface area (Å²) in [6, 6.07) is 7.19. The number of halogens is 6. The summed E-state index contributed by atoms with van der Waals surface area (Å²) < 4.78 is 84.9. The average molecular weight is 430 g/mol. The summed E-state index contributed by atoms with van der Waals surface area (Å²) in [4.78, 5) is 0. The van der Waals surface area contributed by atoms with E-state index < -0.39 is 35.0 Å². The molecular formula is C23H24F6O. The molecule has 0 atom stereocenters. The van der Waals surface area contributed by atoms with Crippen LogP contribution in [0.2, 0.25) is 0 Å². The number of alkyl halides is 5. The Kier molecular flexibility index (Phi) is 6.68. The normalized spacial score (nSPS) is 20.2. The van der Waals surface area contributed by atoms with Gasteiger partial charge in [0.15, 0.2) is 0 Å². The molecule has 1 aliphatic carbocycles. The van der Waals surface area contributed by atoms with Crippen molar-refractivity contribution in [1.82, 2.24) is 0 Å². The van der Waals surface area contributed by atoms with Crippen LogP contribution >= 0.6 is 0 Å². The van der Waals surface area contributed by atoms with Gasteiger partial charge in [-0.15, -0.1) is 0 Å². The molecule has 0 saturated heterocycles. The molecule has 0 aliphatic heterocycles. The van der Waals surface area contributed by atoms with Gasteiger partial charge in [-0.05, 0) is 67.3 Å². The molecule has 1 fully saturated rings. The van der Waals surface area contributed by atoms with Crippen LogP contribution in [0.5, 0.6) is 5.75 Å². The summed E-state index contributed by atoms with van der Waals surface area (Å²) in [5, 5.41) is 0. The smallest absolute Gasteiger partial charge is 0.426 e. The first kappa shape index (κ1) is 22.5. The van der Waals surface area contributed by atoms with Gasteiger partial charge in [-0.3, -0.25) is 0 Å². The van der Waals surface area contributed by atoms with E-state index in [0.29, 0.717) is 24.1 Å². The summed E-state index contributed by atoms with van der Waals surface area (Å²) in [5.41, 5.74) is -0.979. The molecule has 30 heavy (non-hydrogen) atoms. The Labute approximate surface area is 172 Å². The van der Waals surface area contributed by atoms with Crippen LogP contribution in [-0.4, -0.2) is 0 Å². The van der Waals surface area contributed by atoms with Crippen molar-refractivity contribution in [2.24, 2.45) is 5.92 Å². The minimum Gasteiger partial charge on any atom is -0.429 e. The van der Waals surface area contributed by atoms with Crippen LogP contribution in [0.3, 0.4) is 0 Å². The number of hydrogen-bond donors (Lipinski definition) is 0. The van der Waals surface area contributed by atoms with Gasteiger partial charge in [0.05, 0.1) is 11.1 Å². The molecule has 0 radical (unpaired) electrons. The molecule has 0 unspecified atom stereocenters. The van der Waals surface area contributed by atoms with Gasteiger partial charge in [-0.25, -0.2) is 4.39 Å². The minimum atomic E-state index is -4.91.